The maximum Gasteiger partial charge on any atom is 0.410 e. The van der Waals surface area contributed by atoms with Crippen molar-refractivity contribution in [1.29, 1.82) is 0 Å². The summed E-state index contributed by atoms with van der Waals surface area (Å²) in [5.41, 5.74) is 2.74. The number of likely N-dealkylation sites (tertiary alicyclic amines) is 1. The minimum atomic E-state index is -0.500. The smallest absolute Gasteiger partial charge is 0.410 e. The molecule has 0 aliphatic carbocycles. The van der Waals surface area contributed by atoms with Gasteiger partial charge in [-0.1, -0.05) is 35.0 Å². The first-order valence-corrected chi connectivity index (χ1v) is 8.73. The molecule has 1 saturated heterocycles. The van der Waals surface area contributed by atoms with E-state index in [1.165, 1.54) is 17.6 Å². The van der Waals surface area contributed by atoms with Crippen LogP contribution in [0.3, 0.4) is 0 Å². The summed E-state index contributed by atoms with van der Waals surface area (Å²) in [4.78, 5) is 25.8. The molecule has 1 atom stereocenters. The van der Waals surface area contributed by atoms with Crippen molar-refractivity contribution < 1.29 is 18.8 Å². The number of aromatic nitrogens is 1. The number of rotatable bonds is 4. The lowest BCUT2D eigenvalue weighted by atomic mass is 10.0. The third kappa shape index (κ3) is 4.04. The number of piperidine rings is 1. The van der Waals surface area contributed by atoms with Crippen molar-refractivity contribution in [3.05, 3.63) is 41.6 Å². The first-order chi connectivity index (χ1) is 12.6. The van der Waals surface area contributed by atoms with E-state index in [1.807, 2.05) is 37.3 Å². The van der Waals surface area contributed by atoms with Crippen LogP contribution in [0.2, 0.25) is 0 Å². The van der Waals surface area contributed by atoms with E-state index in [4.69, 9.17) is 9.26 Å². The predicted molar refractivity (Wildman–Crippen MR) is 95.3 cm³/mol. The Hall–Kier alpha value is -2.83. The monoisotopic (exact) mass is 357 g/mol. The Morgan fingerprint density at radius 3 is 2.81 bits per heavy atom. The Balaban J connectivity index is 1.60. The van der Waals surface area contributed by atoms with Gasteiger partial charge in [0.15, 0.2) is 5.76 Å². The van der Waals surface area contributed by atoms with Gasteiger partial charge in [-0.05, 0) is 26.2 Å². The molecular formula is C19H23N3O4. The van der Waals surface area contributed by atoms with Gasteiger partial charge in [0.2, 0.25) is 5.91 Å². The second kappa shape index (κ2) is 8.03. The lowest BCUT2D eigenvalue weighted by Crippen LogP contribution is -2.51. The molecule has 7 heteroatoms. The second-order valence-corrected chi connectivity index (χ2v) is 6.44. The summed E-state index contributed by atoms with van der Waals surface area (Å²) < 4.78 is 10.1. The van der Waals surface area contributed by atoms with Crippen LogP contribution in [0, 0.1) is 6.92 Å². The van der Waals surface area contributed by atoms with Crippen molar-refractivity contribution in [2.45, 2.75) is 38.8 Å². The highest BCUT2D eigenvalue weighted by atomic mass is 16.5. The highest BCUT2D eigenvalue weighted by Crippen LogP contribution is 2.21. The predicted octanol–water partition coefficient (Wildman–Crippen LogP) is 2.89. The van der Waals surface area contributed by atoms with Crippen LogP contribution in [-0.2, 0) is 16.1 Å². The molecule has 3 rings (SSSR count). The molecule has 0 saturated carbocycles. The zero-order valence-electron chi connectivity index (χ0n) is 15.0. The summed E-state index contributed by atoms with van der Waals surface area (Å²) in [5.74, 6) is 0.457. The van der Waals surface area contributed by atoms with Gasteiger partial charge in [0, 0.05) is 18.2 Å². The van der Waals surface area contributed by atoms with Gasteiger partial charge in [-0.15, -0.1) is 0 Å². The van der Waals surface area contributed by atoms with Crippen LogP contribution in [0.5, 0.6) is 0 Å². The lowest BCUT2D eigenvalue weighted by molar-refractivity contribution is -0.127. The molecule has 26 heavy (non-hydrogen) atoms. The highest BCUT2D eigenvalue weighted by Gasteiger charge is 2.32. The van der Waals surface area contributed by atoms with E-state index in [-0.39, 0.29) is 12.5 Å². The maximum absolute atomic E-state index is 12.5. The number of carbonyl (C=O) groups excluding carboxylic acids is 2. The number of ether oxygens (including phenoxy) is 1. The summed E-state index contributed by atoms with van der Waals surface area (Å²) in [6.07, 6.45) is 1.96. The Bertz CT molecular complexity index is 769. The van der Waals surface area contributed by atoms with Crippen molar-refractivity contribution in [2.24, 2.45) is 0 Å². The summed E-state index contributed by atoms with van der Waals surface area (Å²) in [7, 11) is 1.33. The van der Waals surface area contributed by atoms with E-state index in [2.05, 4.69) is 10.5 Å². The molecule has 0 radical (unpaired) electrons. The van der Waals surface area contributed by atoms with Gasteiger partial charge in [-0.25, -0.2) is 4.79 Å². The molecule has 2 heterocycles. The van der Waals surface area contributed by atoms with E-state index >= 15 is 0 Å². The number of amides is 2. The third-order valence-electron chi connectivity index (χ3n) is 4.55. The largest absolute Gasteiger partial charge is 0.453 e. The van der Waals surface area contributed by atoms with Crippen LogP contribution in [0.25, 0.3) is 11.3 Å². The van der Waals surface area contributed by atoms with Crippen molar-refractivity contribution in [1.82, 2.24) is 15.4 Å². The van der Waals surface area contributed by atoms with E-state index in [0.717, 1.165) is 18.4 Å². The molecule has 138 valence electrons. The lowest BCUT2D eigenvalue weighted by Gasteiger charge is -2.33. The van der Waals surface area contributed by atoms with Crippen molar-refractivity contribution in [3.8, 4) is 11.3 Å². The van der Waals surface area contributed by atoms with E-state index in [1.54, 1.807) is 0 Å². The number of nitrogens with zero attached hydrogens (tertiary/aromatic N) is 2. The fraction of sp³-hybridized carbons (Fsp3) is 0.421. The van der Waals surface area contributed by atoms with Crippen molar-refractivity contribution in [3.63, 3.8) is 0 Å². The Morgan fingerprint density at radius 1 is 1.31 bits per heavy atom. The first-order valence-electron chi connectivity index (χ1n) is 8.73. The fourth-order valence-electron chi connectivity index (χ4n) is 3.08. The van der Waals surface area contributed by atoms with Gasteiger partial charge in [0.25, 0.3) is 0 Å². The Morgan fingerprint density at radius 2 is 2.08 bits per heavy atom. The number of hydrogen-bond acceptors (Lipinski definition) is 5. The average molecular weight is 357 g/mol. The number of methoxy groups -OCH3 is 1. The molecule has 1 aliphatic rings. The minimum Gasteiger partial charge on any atom is -0.453 e. The van der Waals surface area contributed by atoms with E-state index in [9.17, 15) is 9.59 Å². The number of carbonyl (C=O) groups is 2. The molecule has 1 fully saturated rings. The zero-order chi connectivity index (χ0) is 18.5. The number of hydrogen-bond donors (Lipinski definition) is 1. The molecular weight excluding hydrogens is 334 g/mol. The molecule has 2 aromatic rings. The normalized spacial score (nSPS) is 17.0. The average Bonchev–Trinajstić information content (AvgIpc) is 3.15. The summed E-state index contributed by atoms with van der Waals surface area (Å²) in [6.45, 7) is 2.81. The molecule has 7 nitrogen and oxygen atoms in total. The van der Waals surface area contributed by atoms with E-state index < -0.39 is 12.1 Å². The first kappa shape index (κ1) is 18.0. The minimum absolute atomic E-state index is 0.199. The van der Waals surface area contributed by atoms with Crippen LogP contribution in [0.4, 0.5) is 4.79 Å². The standard InChI is InChI=1S/C19H23N3O4/c1-13-6-8-14(9-7-13)17-11-15(21-26-17)12-20-18(23)16-5-3-4-10-22(16)19(24)25-2/h6-9,11,16H,3-5,10,12H2,1-2H3,(H,20,23)/t16-/m1/s1. The topological polar surface area (TPSA) is 84.7 Å². The molecule has 0 unspecified atom stereocenters. The number of benzene rings is 1. The molecule has 0 spiro atoms. The number of aryl methyl sites for hydroxylation is 1. The van der Waals surface area contributed by atoms with Crippen LogP contribution < -0.4 is 5.32 Å². The van der Waals surface area contributed by atoms with E-state index in [0.29, 0.717) is 24.4 Å². The molecule has 0 bridgehead atoms. The van der Waals surface area contributed by atoms with Gasteiger partial charge < -0.3 is 14.6 Å². The highest BCUT2D eigenvalue weighted by molar-refractivity contribution is 5.85. The van der Waals surface area contributed by atoms with Gasteiger partial charge in [-0.2, -0.15) is 0 Å². The van der Waals surface area contributed by atoms with Crippen LogP contribution in [0.1, 0.15) is 30.5 Å². The Kier molecular flexibility index (Phi) is 5.55. The van der Waals surface area contributed by atoms with Crippen LogP contribution >= 0.6 is 0 Å². The summed E-state index contributed by atoms with van der Waals surface area (Å²) in [5, 5.41) is 6.85. The summed E-state index contributed by atoms with van der Waals surface area (Å²) >= 11 is 0. The van der Waals surface area contributed by atoms with Crippen molar-refractivity contribution >= 4 is 12.0 Å². The quantitative estimate of drug-likeness (QED) is 0.909. The molecule has 1 aliphatic heterocycles. The molecule has 2 amide bonds. The van der Waals surface area contributed by atoms with Crippen LogP contribution in [0.15, 0.2) is 34.9 Å². The van der Waals surface area contributed by atoms with Crippen molar-refractivity contribution in [2.75, 3.05) is 13.7 Å². The number of nitrogens with one attached hydrogen (secondary N) is 1. The second-order valence-electron chi connectivity index (χ2n) is 6.44. The fourth-order valence-corrected chi connectivity index (χ4v) is 3.08. The van der Waals surface area contributed by atoms with Gasteiger partial charge in [-0.3, -0.25) is 9.69 Å². The zero-order valence-corrected chi connectivity index (χ0v) is 15.0. The van der Waals surface area contributed by atoms with Gasteiger partial charge in [0.1, 0.15) is 11.7 Å². The molecule has 1 aromatic heterocycles. The Labute approximate surface area is 152 Å². The maximum atomic E-state index is 12.5. The van der Waals surface area contributed by atoms with Gasteiger partial charge >= 0.3 is 6.09 Å². The summed E-state index contributed by atoms with van der Waals surface area (Å²) in [6, 6.07) is 9.25. The molecule has 1 aromatic carbocycles. The van der Waals surface area contributed by atoms with Gasteiger partial charge in [0.05, 0.1) is 13.7 Å². The SMILES string of the molecule is COC(=O)N1CCCC[C@@H]1C(=O)NCc1cc(-c2ccc(C)cc2)on1. The van der Waals surface area contributed by atoms with Crippen LogP contribution in [-0.4, -0.2) is 41.8 Å². The molecule has 1 N–H and O–H groups in total. The third-order valence-corrected chi connectivity index (χ3v) is 4.55.